The van der Waals surface area contributed by atoms with Crippen LogP contribution in [0.25, 0.3) is 5.69 Å². The van der Waals surface area contributed by atoms with Gasteiger partial charge in [-0.2, -0.15) is 5.10 Å². The van der Waals surface area contributed by atoms with Gasteiger partial charge in [-0.1, -0.05) is 51.1 Å². The van der Waals surface area contributed by atoms with Crippen molar-refractivity contribution < 1.29 is 9.90 Å². The molecule has 0 fully saturated rings. The number of benzene rings is 2. The number of hydrogen-bond acceptors (Lipinski definition) is 3. The van der Waals surface area contributed by atoms with Gasteiger partial charge in [0.05, 0.1) is 22.6 Å². The van der Waals surface area contributed by atoms with Gasteiger partial charge in [-0.25, -0.2) is 9.48 Å². The molecule has 1 aromatic heterocycles. The molecule has 5 nitrogen and oxygen atoms in total. The topological polar surface area (TPSA) is 67.2 Å². The van der Waals surface area contributed by atoms with E-state index in [-0.39, 0.29) is 11.0 Å². The van der Waals surface area contributed by atoms with E-state index in [0.717, 1.165) is 28.3 Å². The van der Waals surface area contributed by atoms with Crippen LogP contribution >= 0.6 is 0 Å². The summed E-state index contributed by atoms with van der Waals surface area (Å²) in [4.78, 5) is 11.6. The maximum absolute atomic E-state index is 11.6. The van der Waals surface area contributed by atoms with Crippen LogP contribution in [0, 0.1) is 13.8 Å². The predicted molar refractivity (Wildman–Crippen MR) is 108 cm³/mol. The zero-order chi connectivity index (χ0) is 19.8. The van der Waals surface area contributed by atoms with Crippen LogP contribution in [0.1, 0.15) is 48.0 Å². The molecule has 0 saturated heterocycles. The summed E-state index contributed by atoms with van der Waals surface area (Å²) in [5.41, 5.74) is 4.67. The van der Waals surface area contributed by atoms with Crippen LogP contribution in [0.15, 0.2) is 48.5 Å². The monoisotopic (exact) mass is 363 g/mol. The van der Waals surface area contributed by atoms with Crippen LogP contribution in [-0.4, -0.2) is 20.9 Å². The first-order valence-corrected chi connectivity index (χ1v) is 8.95. The van der Waals surface area contributed by atoms with Gasteiger partial charge < -0.3 is 10.4 Å². The first-order valence-electron chi connectivity index (χ1n) is 8.95. The molecule has 140 valence electrons. The van der Waals surface area contributed by atoms with E-state index in [4.69, 9.17) is 5.10 Å². The highest BCUT2D eigenvalue weighted by Crippen LogP contribution is 2.34. The predicted octanol–water partition coefficient (Wildman–Crippen LogP) is 5.23. The molecule has 1 heterocycles. The SMILES string of the molecule is Cc1ccccc1-n1nc(C(C)(C)C)c(C)c1Nc1ccccc1C(=O)O. The molecule has 0 unspecified atom stereocenters. The van der Waals surface area contributed by atoms with E-state index in [1.807, 2.05) is 48.9 Å². The Hall–Kier alpha value is -3.08. The van der Waals surface area contributed by atoms with Gasteiger partial charge in [-0.05, 0) is 37.6 Å². The van der Waals surface area contributed by atoms with Crippen molar-refractivity contribution in [3.63, 3.8) is 0 Å². The molecule has 0 aliphatic heterocycles. The highest BCUT2D eigenvalue weighted by atomic mass is 16.4. The van der Waals surface area contributed by atoms with Gasteiger partial charge in [0, 0.05) is 11.0 Å². The quantitative estimate of drug-likeness (QED) is 0.666. The van der Waals surface area contributed by atoms with Crippen LogP contribution < -0.4 is 5.32 Å². The summed E-state index contributed by atoms with van der Waals surface area (Å²) in [7, 11) is 0. The number of rotatable bonds is 4. The minimum absolute atomic E-state index is 0.138. The minimum Gasteiger partial charge on any atom is -0.478 e. The number of anilines is 2. The summed E-state index contributed by atoms with van der Waals surface area (Å²) in [5, 5.41) is 17.7. The van der Waals surface area contributed by atoms with Crippen molar-refractivity contribution in [3.8, 4) is 5.69 Å². The summed E-state index contributed by atoms with van der Waals surface area (Å²) in [6.45, 7) is 10.4. The van der Waals surface area contributed by atoms with Crippen LogP contribution in [-0.2, 0) is 5.41 Å². The standard InChI is InChI=1S/C22H25N3O2/c1-14-10-6-9-13-18(14)25-20(15(2)19(24-25)22(3,4)5)23-17-12-8-7-11-16(17)21(26)27/h6-13,23H,1-5H3,(H,26,27). The number of hydrogen-bond donors (Lipinski definition) is 2. The van der Waals surface area contributed by atoms with Crippen LogP contribution in [0.2, 0.25) is 0 Å². The van der Waals surface area contributed by atoms with Crippen LogP contribution in [0.5, 0.6) is 0 Å². The Morgan fingerprint density at radius 2 is 1.67 bits per heavy atom. The Morgan fingerprint density at radius 1 is 1.04 bits per heavy atom. The lowest BCUT2D eigenvalue weighted by Gasteiger charge is -2.16. The average Bonchev–Trinajstić information content (AvgIpc) is 2.92. The number of carboxylic acid groups (broad SMARTS) is 1. The fourth-order valence-electron chi connectivity index (χ4n) is 3.24. The number of aryl methyl sites for hydroxylation is 1. The van der Waals surface area contributed by atoms with Crippen molar-refractivity contribution in [2.75, 3.05) is 5.32 Å². The van der Waals surface area contributed by atoms with E-state index in [2.05, 4.69) is 26.1 Å². The second kappa shape index (κ2) is 6.91. The number of nitrogens with zero attached hydrogens (tertiary/aromatic N) is 2. The molecule has 0 aliphatic rings. The zero-order valence-corrected chi connectivity index (χ0v) is 16.4. The molecule has 0 atom stereocenters. The van der Waals surface area contributed by atoms with E-state index in [9.17, 15) is 9.90 Å². The molecule has 2 aromatic carbocycles. The van der Waals surface area contributed by atoms with Gasteiger partial charge in [0.25, 0.3) is 0 Å². The molecule has 0 bridgehead atoms. The van der Waals surface area contributed by atoms with Gasteiger partial charge in [0.1, 0.15) is 5.82 Å². The van der Waals surface area contributed by atoms with Crippen molar-refractivity contribution in [2.24, 2.45) is 0 Å². The molecule has 27 heavy (non-hydrogen) atoms. The maximum Gasteiger partial charge on any atom is 0.337 e. The zero-order valence-electron chi connectivity index (χ0n) is 16.4. The van der Waals surface area contributed by atoms with E-state index in [1.54, 1.807) is 18.2 Å². The molecule has 0 spiro atoms. The fourth-order valence-corrected chi connectivity index (χ4v) is 3.24. The largest absolute Gasteiger partial charge is 0.478 e. The second-order valence-electron chi connectivity index (χ2n) is 7.75. The van der Waals surface area contributed by atoms with E-state index in [1.165, 1.54) is 0 Å². The minimum atomic E-state index is -0.964. The Bertz CT molecular complexity index is 997. The lowest BCUT2D eigenvalue weighted by Crippen LogP contribution is -2.14. The van der Waals surface area contributed by atoms with E-state index >= 15 is 0 Å². The summed E-state index contributed by atoms with van der Waals surface area (Å²) in [6, 6.07) is 14.9. The van der Waals surface area contributed by atoms with Crippen LogP contribution in [0.4, 0.5) is 11.5 Å². The molecule has 0 amide bonds. The van der Waals surface area contributed by atoms with Gasteiger partial charge in [-0.3, -0.25) is 0 Å². The lowest BCUT2D eigenvalue weighted by molar-refractivity contribution is 0.0698. The van der Waals surface area contributed by atoms with Crippen molar-refractivity contribution in [2.45, 2.75) is 40.0 Å². The third-order valence-electron chi connectivity index (χ3n) is 4.59. The molecular weight excluding hydrogens is 338 g/mol. The number of nitrogens with one attached hydrogen (secondary N) is 1. The molecule has 3 aromatic rings. The highest BCUT2D eigenvalue weighted by Gasteiger charge is 2.26. The Labute approximate surface area is 159 Å². The number of aromatic nitrogens is 2. The maximum atomic E-state index is 11.6. The molecule has 3 rings (SSSR count). The Morgan fingerprint density at radius 3 is 2.30 bits per heavy atom. The fraction of sp³-hybridized carbons (Fsp3) is 0.273. The molecule has 5 heteroatoms. The molecule has 0 saturated carbocycles. The van der Waals surface area contributed by atoms with Gasteiger partial charge in [-0.15, -0.1) is 0 Å². The highest BCUT2D eigenvalue weighted by molar-refractivity contribution is 5.95. The first-order chi connectivity index (χ1) is 12.7. The molecular formula is C22H25N3O2. The Balaban J connectivity index is 2.22. The number of carboxylic acids is 1. The molecule has 0 radical (unpaired) electrons. The number of carbonyl (C=O) groups is 1. The number of aromatic carboxylic acids is 1. The van der Waals surface area contributed by atoms with E-state index < -0.39 is 5.97 Å². The summed E-state index contributed by atoms with van der Waals surface area (Å²) < 4.78 is 1.88. The third kappa shape index (κ3) is 3.58. The first kappa shape index (κ1) is 18.7. The second-order valence-corrected chi connectivity index (χ2v) is 7.75. The summed E-state index contributed by atoms with van der Waals surface area (Å²) in [6.07, 6.45) is 0. The summed E-state index contributed by atoms with van der Waals surface area (Å²) >= 11 is 0. The number of para-hydroxylation sites is 2. The Kier molecular flexibility index (Phi) is 4.79. The van der Waals surface area contributed by atoms with Crippen molar-refractivity contribution in [1.82, 2.24) is 9.78 Å². The van der Waals surface area contributed by atoms with E-state index in [0.29, 0.717) is 5.69 Å². The van der Waals surface area contributed by atoms with Gasteiger partial charge >= 0.3 is 5.97 Å². The molecule has 2 N–H and O–H groups in total. The summed E-state index contributed by atoms with van der Waals surface area (Å²) in [5.74, 6) is -0.184. The van der Waals surface area contributed by atoms with Crippen molar-refractivity contribution in [3.05, 3.63) is 70.9 Å². The van der Waals surface area contributed by atoms with Crippen molar-refractivity contribution >= 4 is 17.5 Å². The normalized spacial score (nSPS) is 11.4. The third-order valence-corrected chi connectivity index (χ3v) is 4.59. The van der Waals surface area contributed by atoms with Crippen molar-refractivity contribution in [1.29, 1.82) is 0 Å². The average molecular weight is 363 g/mol. The van der Waals surface area contributed by atoms with Gasteiger partial charge in [0.2, 0.25) is 0 Å². The lowest BCUT2D eigenvalue weighted by atomic mass is 9.90. The molecule has 0 aliphatic carbocycles. The van der Waals surface area contributed by atoms with Gasteiger partial charge in [0.15, 0.2) is 0 Å². The smallest absolute Gasteiger partial charge is 0.337 e. The van der Waals surface area contributed by atoms with Crippen LogP contribution in [0.3, 0.4) is 0 Å².